The van der Waals surface area contributed by atoms with Crippen LogP contribution in [0.15, 0.2) is 12.2 Å². The average Bonchev–Trinajstić information content (AvgIpc) is 2.45. The third kappa shape index (κ3) is 2.56. The van der Waals surface area contributed by atoms with E-state index in [0.29, 0.717) is 13.0 Å². The van der Waals surface area contributed by atoms with Crippen molar-refractivity contribution in [1.82, 2.24) is 4.90 Å². The maximum absolute atomic E-state index is 10.8. The molecule has 1 rings (SSSR count). The van der Waals surface area contributed by atoms with Gasteiger partial charge in [-0.1, -0.05) is 5.57 Å². The van der Waals surface area contributed by atoms with E-state index in [4.69, 9.17) is 10.8 Å². The van der Waals surface area contributed by atoms with Gasteiger partial charge in [0.2, 0.25) is 0 Å². The van der Waals surface area contributed by atoms with Crippen LogP contribution in [0.3, 0.4) is 0 Å². The number of carboxylic acids is 1. The molecule has 4 nitrogen and oxygen atoms in total. The van der Waals surface area contributed by atoms with Gasteiger partial charge >= 0.3 is 5.97 Å². The van der Waals surface area contributed by atoms with E-state index >= 15 is 0 Å². The number of nitrogens with zero attached hydrogens (tertiary/aromatic N) is 1. The summed E-state index contributed by atoms with van der Waals surface area (Å²) in [5.41, 5.74) is 5.82. The van der Waals surface area contributed by atoms with Gasteiger partial charge in [-0.25, -0.2) is 0 Å². The van der Waals surface area contributed by atoms with Crippen molar-refractivity contribution in [2.45, 2.75) is 25.3 Å². The van der Waals surface area contributed by atoms with Crippen LogP contribution in [0.5, 0.6) is 0 Å². The molecule has 4 heteroatoms. The lowest BCUT2D eigenvalue weighted by molar-refractivity contribution is -0.142. The summed E-state index contributed by atoms with van der Waals surface area (Å²) in [6.45, 7) is 7.88. The zero-order valence-electron chi connectivity index (χ0n) is 8.62. The van der Waals surface area contributed by atoms with E-state index in [1.807, 2.05) is 6.92 Å². The molecule has 1 saturated heterocycles. The number of rotatable bonds is 4. The van der Waals surface area contributed by atoms with Gasteiger partial charge in [0.1, 0.15) is 5.54 Å². The van der Waals surface area contributed by atoms with Crippen molar-refractivity contribution >= 4 is 5.97 Å². The largest absolute Gasteiger partial charge is 0.480 e. The first-order valence-corrected chi connectivity index (χ1v) is 4.83. The summed E-state index contributed by atoms with van der Waals surface area (Å²) >= 11 is 0. The highest BCUT2D eigenvalue weighted by Gasteiger charge is 2.40. The first-order valence-electron chi connectivity index (χ1n) is 4.83. The molecule has 1 unspecified atom stereocenters. The zero-order valence-corrected chi connectivity index (χ0v) is 8.62. The SMILES string of the molecule is C=C(C)CCN1CCC(N)(C(=O)O)C1. The fourth-order valence-electron chi connectivity index (χ4n) is 1.63. The lowest BCUT2D eigenvalue weighted by Crippen LogP contribution is -2.50. The Bertz CT molecular complexity index is 253. The zero-order chi connectivity index (χ0) is 10.8. The summed E-state index contributed by atoms with van der Waals surface area (Å²) in [4.78, 5) is 12.9. The number of hydrogen-bond donors (Lipinski definition) is 2. The average molecular weight is 198 g/mol. The molecule has 1 heterocycles. The second-order valence-electron chi connectivity index (χ2n) is 4.19. The van der Waals surface area contributed by atoms with E-state index < -0.39 is 11.5 Å². The minimum Gasteiger partial charge on any atom is -0.480 e. The van der Waals surface area contributed by atoms with Crippen LogP contribution in [-0.4, -0.2) is 41.1 Å². The van der Waals surface area contributed by atoms with E-state index in [0.717, 1.165) is 25.1 Å². The van der Waals surface area contributed by atoms with Gasteiger partial charge in [-0.15, -0.1) is 6.58 Å². The first-order chi connectivity index (χ1) is 6.44. The second-order valence-corrected chi connectivity index (χ2v) is 4.19. The molecule has 80 valence electrons. The quantitative estimate of drug-likeness (QED) is 0.643. The number of likely N-dealkylation sites (tertiary alicyclic amines) is 1. The Kier molecular flexibility index (Phi) is 3.29. The van der Waals surface area contributed by atoms with E-state index in [2.05, 4.69) is 11.5 Å². The highest BCUT2D eigenvalue weighted by atomic mass is 16.4. The Morgan fingerprint density at radius 1 is 1.71 bits per heavy atom. The van der Waals surface area contributed by atoms with Crippen LogP contribution in [0, 0.1) is 0 Å². The van der Waals surface area contributed by atoms with Crippen molar-refractivity contribution in [2.24, 2.45) is 5.73 Å². The molecule has 0 aromatic heterocycles. The van der Waals surface area contributed by atoms with Crippen molar-refractivity contribution in [1.29, 1.82) is 0 Å². The Morgan fingerprint density at radius 2 is 2.36 bits per heavy atom. The van der Waals surface area contributed by atoms with Crippen molar-refractivity contribution in [3.05, 3.63) is 12.2 Å². The Labute approximate surface area is 84.4 Å². The fraction of sp³-hybridized carbons (Fsp3) is 0.700. The van der Waals surface area contributed by atoms with Gasteiger partial charge in [0.25, 0.3) is 0 Å². The van der Waals surface area contributed by atoms with E-state index in [-0.39, 0.29) is 0 Å². The van der Waals surface area contributed by atoms with E-state index in [1.165, 1.54) is 0 Å². The Balaban J connectivity index is 2.41. The maximum atomic E-state index is 10.8. The topological polar surface area (TPSA) is 66.6 Å². The van der Waals surface area contributed by atoms with Gasteiger partial charge in [-0.05, 0) is 19.8 Å². The standard InChI is InChI=1S/C10H18N2O2/c1-8(2)3-5-12-6-4-10(11,7-12)9(13)14/h1,3-7,11H2,2H3,(H,13,14). The predicted molar refractivity (Wildman–Crippen MR) is 55.0 cm³/mol. The molecule has 1 aliphatic heterocycles. The molecule has 0 amide bonds. The molecule has 1 fully saturated rings. The number of carboxylic acid groups (broad SMARTS) is 1. The van der Waals surface area contributed by atoms with E-state index in [1.54, 1.807) is 0 Å². The smallest absolute Gasteiger partial charge is 0.325 e. The summed E-state index contributed by atoms with van der Waals surface area (Å²) in [5.74, 6) is -0.893. The summed E-state index contributed by atoms with van der Waals surface area (Å²) in [6, 6.07) is 0. The molecule has 1 aliphatic rings. The summed E-state index contributed by atoms with van der Waals surface area (Å²) in [6.07, 6.45) is 1.45. The Hall–Kier alpha value is -0.870. The molecule has 0 radical (unpaired) electrons. The van der Waals surface area contributed by atoms with Crippen LogP contribution in [-0.2, 0) is 4.79 Å². The molecule has 3 N–H and O–H groups in total. The van der Waals surface area contributed by atoms with Crippen LogP contribution < -0.4 is 5.73 Å². The number of nitrogens with two attached hydrogens (primary N) is 1. The predicted octanol–water partition coefficient (Wildman–Crippen LogP) is 0.440. The minimum atomic E-state index is -1.03. The van der Waals surface area contributed by atoms with Gasteiger partial charge in [0.15, 0.2) is 0 Å². The molecular formula is C10H18N2O2. The van der Waals surface area contributed by atoms with Crippen LogP contribution in [0.25, 0.3) is 0 Å². The summed E-state index contributed by atoms with van der Waals surface area (Å²) < 4.78 is 0. The third-order valence-electron chi connectivity index (χ3n) is 2.66. The van der Waals surface area contributed by atoms with Gasteiger partial charge < -0.3 is 15.7 Å². The molecule has 0 bridgehead atoms. The van der Waals surface area contributed by atoms with Crippen LogP contribution in [0.4, 0.5) is 0 Å². The van der Waals surface area contributed by atoms with Gasteiger partial charge in [0, 0.05) is 19.6 Å². The van der Waals surface area contributed by atoms with Crippen molar-refractivity contribution in [2.75, 3.05) is 19.6 Å². The van der Waals surface area contributed by atoms with Crippen molar-refractivity contribution < 1.29 is 9.90 Å². The van der Waals surface area contributed by atoms with Gasteiger partial charge in [-0.3, -0.25) is 4.79 Å². The fourth-order valence-corrected chi connectivity index (χ4v) is 1.63. The maximum Gasteiger partial charge on any atom is 0.325 e. The van der Waals surface area contributed by atoms with Gasteiger partial charge in [-0.2, -0.15) is 0 Å². The van der Waals surface area contributed by atoms with Gasteiger partial charge in [0.05, 0.1) is 0 Å². The lowest BCUT2D eigenvalue weighted by Gasteiger charge is -2.19. The normalized spacial score (nSPS) is 27.9. The molecular weight excluding hydrogens is 180 g/mol. The molecule has 0 aliphatic carbocycles. The summed E-state index contributed by atoms with van der Waals surface area (Å²) in [7, 11) is 0. The van der Waals surface area contributed by atoms with Crippen molar-refractivity contribution in [3.63, 3.8) is 0 Å². The van der Waals surface area contributed by atoms with Crippen LogP contribution >= 0.6 is 0 Å². The molecule has 1 atom stereocenters. The third-order valence-corrected chi connectivity index (χ3v) is 2.66. The Morgan fingerprint density at radius 3 is 2.79 bits per heavy atom. The highest BCUT2D eigenvalue weighted by molar-refractivity contribution is 5.79. The lowest BCUT2D eigenvalue weighted by atomic mass is 10.0. The van der Waals surface area contributed by atoms with Crippen LogP contribution in [0.2, 0.25) is 0 Å². The number of hydrogen-bond acceptors (Lipinski definition) is 3. The molecule has 0 spiro atoms. The van der Waals surface area contributed by atoms with Crippen LogP contribution in [0.1, 0.15) is 19.8 Å². The second kappa shape index (κ2) is 4.11. The van der Waals surface area contributed by atoms with E-state index in [9.17, 15) is 4.79 Å². The number of carbonyl (C=O) groups is 1. The summed E-state index contributed by atoms with van der Waals surface area (Å²) in [5, 5.41) is 8.90. The first kappa shape index (κ1) is 11.2. The monoisotopic (exact) mass is 198 g/mol. The minimum absolute atomic E-state index is 0.454. The highest BCUT2D eigenvalue weighted by Crippen LogP contribution is 2.19. The number of aliphatic carboxylic acids is 1. The molecule has 0 aromatic carbocycles. The molecule has 0 saturated carbocycles. The van der Waals surface area contributed by atoms with Crippen molar-refractivity contribution in [3.8, 4) is 0 Å². The molecule has 14 heavy (non-hydrogen) atoms. The molecule has 0 aromatic rings.